The van der Waals surface area contributed by atoms with E-state index in [9.17, 15) is 9.59 Å². The third kappa shape index (κ3) is 4.37. The van der Waals surface area contributed by atoms with Crippen LogP contribution in [0.4, 0.5) is 4.79 Å². The summed E-state index contributed by atoms with van der Waals surface area (Å²) in [6, 6.07) is -0.619. The van der Waals surface area contributed by atoms with Gasteiger partial charge in [0.15, 0.2) is 6.61 Å². The number of nitrogens with zero attached hydrogens (tertiary/aromatic N) is 1. The van der Waals surface area contributed by atoms with Gasteiger partial charge < -0.3 is 10.4 Å². The molecule has 1 aromatic rings. The molecule has 0 spiro atoms. The Morgan fingerprint density at radius 3 is 2.82 bits per heavy atom. The Balaban J connectivity index is 2.42. The molecule has 0 aliphatic carbocycles. The monoisotopic (exact) mass is 259 g/mol. The van der Waals surface area contributed by atoms with Gasteiger partial charge in [0.1, 0.15) is 5.01 Å². The number of hydrogen-bond acceptors (Lipinski definition) is 5. The Bertz CT molecular complexity index is 391. The van der Waals surface area contributed by atoms with Crippen molar-refractivity contribution in [1.29, 1.82) is 0 Å². The summed E-state index contributed by atoms with van der Waals surface area (Å²) in [5.74, 6) is -1.16. The lowest BCUT2D eigenvalue weighted by atomic mass is 10.1. The van der Waals surface area contributed by atoms with E-state index < -0.39 is 24.1 Å². The predicted octanol–water partition coefficient (Wildman–Crippen LogP) is 0.694. The second kappa shape index (κ2) is 5.60. The van der Waals surface area contributed by atoms with Crippen LogP contribution < -0.4 is 10.8 Å². The Kier molecular flexibility index (Phi) is 4.41. The third-order valence-corrected chi connectivity index (χ3v) is 2.85. The van der Waals surface area contributed by atoms with Crippen LogP contribution in [0.25, 0.3) is 0 Å². The van der Waals surface area contributed by atoms with Crippen LogP contribution in [0.5, 0.6) is 0 Å². The van der Waals surface area contributed by atoms with E-state index in [-0.39, 0.29) is 0 Å². The first kappa shape index (κ1) is 13.4. The van der Waals surface area contributed by atoms with Crippen LogP contribution >= 0.6 is 11.3 Å². The minimum Gasteiger partial charge on any atom is -0.479 e. The molecular formula is C9H13N3O4S. The van der Waals surface area contributed by atoms with E-state index in [1.165, 1.54) is 11.3 Å². The number of aromatic nitrogens is 1. The molecule has 0 radical (unpaired) electrons. The summed E-state index contributed by atoms with van der Waals surface area (Å²) in [4.78, 5) is 30.1. The van der Waals surface area contributed by atoms with Crippen LogP contribution in [0.1, 0.15) is 18.9 Å². The number of carboxylic acids is 1. The van der Waals surface area contributed by atoms with Crippen LogP contribution in [0.2, 0.25) is 0 Å². The number of hydroxylamine groups is 1. The Morgan fingerprint density at radius 1 is 1.59 bits per heavy atom. The molecule has 8 heteroatoms. The first-order valence-corrected chi connectivity index (χ1v) is 5.61. The number of amides is 2. The lowest BCUT2D eigenvalue weighted by molar-refractivity contribution is -0.144. The first-order chi connectivity index (χ1) is 7.92. The lowest BCUT2D eigenvalue weighted by Crippen LogP contribution is -2.46. The minimum absolute atomic E-state index is 0.592. The van der Waals surface area contributed by atoms with Gasteiger partial charge in [-0.15, -0.1) is 11.3 Å². The summed E-state index contributed by atoms with van der Waals surface area (Å²) in [6.45, 7) is 2.97. The maximum Gasteiger partial charge on any atom is 0.339 e. The fraction of sp³-hybridized carbons (Fsp3) is 0.444. The summed E-state index contributed by atoms with van der Waals surface area (Å²) in [7, 11) is 0. The number of aliphatic carboxylic acids is 1. The topological polar surface area (TPSA) is 101 Å². The fourth-order valence-electron chi connectivity index (χ4n) is 1.06. The molecule has 1 aromatic heterocycles. The zero-order valence-corrected chi connectivity index (χ0v) is 10.2. The number of rotatable bonds is 5. The number of hydrogen-bond donors (Lipinski definition) is 3. The van der Waals surface area contributed by atoms with Crippen molar-refractivity contribution < 1.29 is 19.5 Å². The van der Waals surface area contributed by atoms with Gasteiger partial charge in [-0.3, -0.25) is 4.84 Å². The highest BCUT2D eigenvalue weighted by atomic mass is 32.1. The number of carbonyl (C=O) groups is 2. The summed E-state index contributed by atoms with van der Waals surface area (Å²) >= 11 is 1.41. The van der Waals surface area contributed by atoms with E-state index in [2.05, 4.69) is 15.1 Å². The zero-order chi connectivity index (χ0) is 12.9. The van der Waals surface area contributed by atoms with Crippen LogP contribution in [0.15, 0.2) is 11.6 Å². The third-order valence-electron chi connectivity index (χ3n) is 1.75. The van der Waals surface area contributed by atoms with Gasteiger partial charge in [0.25, 0.3) is 0 Å². The quantitative estimate of drug-likeness (QED) is 0.675. The number of thiazole rings is 1. The highest BCUT2D eigenvalue weighted by Gasteiger charge is 2.25. The second-order valence-electron chi connectivity index (χ2n) is 3.70. The Hall–Kier alpha value is -1.67. The Morgan fingerprint density at radius 2 is 2.29 bits per heavy atom. The molecule has 0 bridgehead atoms. The maximum absolute atomic E-state index is 11.4. The van der Waals surface area contributed by atoms with E-state index >= 15 is 0 Å². The van der Waals surface area contributed by atoms with Crippen LogP contribution in [-0.4, -0.2) is 28.7 Å². The predicted molar refractivity (Wildman–Crippen MR) is 60.4 cm³/mol. The second-order valence-corrected chi connectivity index (χ2v) is 4.60. The minimum atomic E-state index is -1.16. The van der Waals surface area contributed by atoms with Gasteiger partial charge in [0, 0.05) is 11.6 Å². The molecule has 17 heavy (non-hydrogen) atoms. The smallest absolute Gasteiger partial charge is 0.339 e. The van der Waals surface area contributed by atoms with E-state index in [1.807, 2.05) is 5.48 Å². The molecule has 94 valence electrons. The fourth-order valence-corrected chi connectivity index (χ4v) is 1.78. The number of urea groups is 1. The van der Waals surface area contributed by atoms with Crippen LogP contribution in [0.3, 0.4) is 0 Å². The Labute approximate surface area is 102 Å². The summed E-state index contributed by atoms with van der Waals surface area (Å²) in [5.41, 5.74) is 1.33. The van der Waals surface area contributed by atoms with Gasteiger partial charge in [0.2, 0.25) is 0 Å². The van der Waals surface area contributed by atoms with E-state index in [0.717, 1.165) is 5.01 Å². The van der Waals surface area contributed by atoms with Crippen molar-refractivity contribution >= 4 is 23.3 Å². The first-order valence-electron chi connectivity index (χ1n) is 4.73. The largest absolute Gasteiger partial charge is 0.479 e. The molecule has 0 fully saturated rings. The molecule has 3 N–H and O–H groups in total. The van der Waals surface area contributed by atoms with Gasteiger partial charge in [0.05, 0.1) is 5.54 Å². The molecule has 0 unspecified atom stereocenters. The van der Waals surface area contributed by atoms with E-state index in [0.29, 0.717) is 0 Å². The van der Waals surface area contributed by atoms with Gasteiger partial charge in [-0.25, -0.2) is 20.1 Å². The normalized spacial score (nSPS) is 10.9. The van der Waals surface area contributed by atoms with E-state index in [4.69, 9.17) is 5.11 Å². The van der Waals surface area contributed by atoms with Gasteiger partial charge in [-0.1, -0.05) is 0 Å². The molecule has 0 aliphatic rings. The highest BCUT2D eigenvalue weighted by Crippen LogP contribution is 2.21. The summed E-state index contributed by atoms with van der Waals surface area (Å²) < 4.78 is 0. The molecule has 0 atom stereocenters. The highest BCUT2D eigenvalue weighted by molar-refractivity contribution is 7.09. The SMILES string of the molecule is CC(C)(NC(=O)NOCC(=O)O)c1nccs1. The molecule has 0 saturated heterocycles. The van der Waals surface area contributed by atoms with Crippen molar-refractivity contribution in [3.8, 4) is 0 Å². The standard InChI is InChI=1S/C9H13N3O4S/c1-9(2,7-10-3-4-17-7)11-8(15)12-16-5-6(13)14/h3-4H,5H2,1-2H3,(H,13,14)(H2,11,12,15). The average Bonchev–Trinajstić information content (AvgIpc) is 2.68. The van der Waals surface area contributed by atoms with Gasteiger partial charge >= 0.3 is 12.0 Å². The van der Waals surface area contributed by atoms with E-state index in [1.54, 1.807) is 25.4 Å². The maximum atomic E-state index is 11.4. The molecule has 0 aromatic carbocycles. The van der Waals surface area contributed by atoms with Crippen molar-refractivity contribution in [2.24, 2.45) is 0 Å². The van der Waals surface area contributed by atoms with Crippen molar-refractivity contribution in [2.45, 2.75) is 19.4 Å². The zero-order valence-electron chi connectivity index (χ0n) is 9.39. The van der Waals surface area contributed by atoms with Crippen molar-refractivity contribution in [3.63, 3.8) is 0 Å². The summed E-state index contributed by atoms with van der Waals surface area (Å²) in [6.07, 6.45) is 1.64. The van der Waals surface area contributed by atoms with Crippen molar-refractivity contribution in [1.82, 2.24) is 15.8 Å². The lowest BCUT2D eigenvalue weighted by Gasteiger charge is -2.23. The van der Waals surface area contributed by atoms with Gasteiger partial charge in [-0.2, -0.15) is 0 Å². The van der Waals surface area contributed by atoms with Crippen LogP contribution in [0, 0.1) is 0 Å². The molecular weight excluding hydrogens is 246 g/mol. The summed E-state index contributed by atoms with van der Waals surface area (Å²) in [5, 5.41) is 13.5. The van der Waals surface area contributed by atoms with Crippen molar-refractivity contribution in [3.05, 3.63) is 16.6 Å². The molecule has 1 rings (SSSR count). The molecule has 7 nitrogen and oxygen atoms in total. The number of carbonyl (C=O) groups excluding carboxylic acids is 1. The van der Waals surface area contributed by atoms with Crippen LogP contribution in [-0.2, 0) is 15.2 Å². The number of nitrogens with one attached hydrogen (secondary N) is 2. The number of carboxylic acid groups (broad SMARTS) is 1. The van der Waals surface area contributed by atoms with Gasteiger partial charge in [-0.05, 0) is 13.8 Å². The average molecular weight is 259 g/mol. The molecule has 2 amide bonds. The van der Waals surface area contributed by atoms with Crippen molar-refractivity contribution in [2.75, 3.05) is 6.61 Å². The molecule has 1 heterocycles. The molecule has 0 aliphatic heterocycles. The molecule has 0 saturated carbocycles.